The lowest BCUT2D eigenvalue weighted by Gasteiger charge is -2.30. The van der Waals surface area contributed by atoms with Crippen molar-refractivity contribution in [2.45, 2.75) is 18.9 Å². The van der Waals surface area contributed by atoms with Crippen LogP contribution in [0.3, 0.4) is 0 Å². The second-order valence-electron chi connectivity index (χ2n) is 6.80. The first-order chi connectivity index (χ1) is 13.1. The van der Waals surface area contributed by atoms with Crippen LogP contribution in [0.4, 0.5) is 5.69 Å². The van der Waals surface area contributed by atoms with Crippen LogP contribution in [0.25, 0.3) is 11.0 Å². The fourth-order valence-corrected chi connectivity index (χ4v) is 3.30. The SMILES string of the molecule is Cl.Cl.NC1CCN(C(=O)c2cccc(NC(=O)c3ccc4nc[nH]c4c3)c2)CC1. The fourth-order valence-electron chi connectivity index (χ4n) is 3.30. The number of hydrogen-bond acceptors (Lipinski definition) is 4. The Morgan fingerprint density at radius 2 is 1.83 bits per heavy atom. The third kappa shape index (κ3) is 5.06. The maximum atomic E-state index is 12.7. The van der Waals surface area contributed by atoms with E-state index in [0.717, 1.165) is 23.9 Å². The highest BCUT2D eigenvalue weighted by Crippen LogP contribution is 2.18. The van der Waals surface area contributed by atoms with Crippen LogP contribution in [-0.4, -0.2) is 45.8 Å². The number of rotatable bonds is 3. The van der Waals surface area contributed by atoms with E-state index >= 15 is 0 Å². The minimum Gasteiger partial charge on any atom is -0.345 e. The molecule has 154 valence electrons. The summed E-state index contributed by atoms with van der Waals surface area (Å²) >= 11 is 0. The molecule has 4 N–H and O–H groups in total. The molecule has 29 heavy (non-hydrogen) atoms. The van der Waals surface area contributed by atoms with Crippen LogP contribution in [0, 0.1) is 0 Å². The van der Waals surface area contributed by atoms with Gasteiger partial charge in [0.1, 0.15) is 0 Å². The number of likely N-dealkylation sites (tertiary alicyclic amines) is 1. The van der Waals surface area contributed by atoms with E-state index in [4.69, 9.17) is 5.73 Å². The lowest BCUT2D eigenvalue weighted by Crippen LogP contribution is -2.42. The number of imidazole rings is 1. The summed E-state index contributed by atoms with van der Waals surface area (Å²) in [6, 6.07) is 12.5. The van der Waals surface area contributed by atoms with Crippen LogP contribution < -0.4 is 11.1 Å². The molecule has 2 heterocycles. The number of hydrogen-bond donors (Lipinski definition) is 3. The van der Waals surface area contributed by atoms with Gasteiger partial charge in [-0.15, -0.1) is 24.8 Å². The van der Waals surface area contributed by atoms with Gasteiger partial charge in [-0.3, -0.25) is 9.59 Å². The maximum Gasteiger partial charge on any atom is 0.255 e. The number of anilines is 1. The second-order valence-corrected chi connectivity index (χ2v) is 6.80. The second kappa shape index (κ2) is 9.73. The average Bonchev–Trinajstić information content (AvgIpc) is 3.16. The number of nitrogens with two attached hydrogens (primary N) is 1. The zero-order valence-electron chi connectivity index (χ0n) is 15.6. The summed E-state index contributed by atoms with van der Waals surface area (Å²) in [6.45, 7) is 1.33. The molecule has 7 nitrogen and oxygen atoms in total. The van der Waals surface area contributed by atoms with Gasteiger partial charge in [0.25, 0.3) is 11.8 Å². The van der Waals surface area contributed by atoms with Gasteiger partial charge in [0, 0.05) is 35.9 Å². The van der Waals surface area contributed by atoms with E-state index in [9.17, 15) is 9.59 Å². The highest BCUT2D eigenvalue weighted by Gasteiger charge is 2.22. The first-order valence-corrected chi connectivity index (χ1v) is 8.99. The summed E-state index contributed by atoms with van der Waals surface area (Å²) < 4.78 is 0. The third-order valence-corrected chi connectivity index (χ3v) is 4.88. The van der Waals surface area contributed by atoms with Crippen LogP contribution in [0.15, 0.2) is 48.8 Å². The number of carbonyl (C=O) groups excluding carboxylic acids is 2. The van der Waals surface area contributed by atoms with Crippen molar-refractivity contribution >= 4 is 53.3 Å². The van der Waals surface area contributed by atoms with Crippen LogP contribution in [0.1, 0.15) is 33.6 Å². The molecule has 0 bridgehead atoms. The molecule has 3 aromatic rings. The van der Waals surface area contributed by atoms with Crippen molar-refractivity contribution in [2.75, 3.05) is 18.4 Å². The Hall–Kier alpha value is -2.61. The standard InChI is InChI=1S/C20H21N5O2.2ClH/c21-15-6-8-25(9-7-15)20(27)14-2-1-3-16(10-14)24-19(26)13-4-5-17-18(11-13)23-12-22-17;;/h1-5,10-12,15H,6-9,21H2,(H,22,23)(H,24,26);2*1H. The first kappa shape index (κ1) is 22.7. The van der Waals surface area contributed by atoms with Gasteiger partial charge in [0.2, 0.25) is 0 Å². The van der Waals surface area contributed by atoms with Crippen LogP contribution in [0.2, 0.25) is 0 Å². The molecule has 1 saturated heterocycles. The molecule has 9 heteroatoms. The average molecular weight is 436 g/mol. The monoisotopic (exact) mass is 435 g/mol. The van der Waals surface area contributed by atoms with E-state index in [1.807, 2.05) is 4.90 Å². The molecule has 0 spiro atoms. The van der Waals surface area contributed by atoms with E-state index in [1.165, 1.54) is 0 Å². The highest BCUT2D eigenvalue weighted by molar-refractivity contribution is 6.06. The number of halogens is 2. The molecule has 2 aromatic carbocycles. The van der Waals surface area contributed by atoms with Gasteiger partial charge in [-0.2, -0.15) is 0 Å². The molecule has 0 unspecified atom stereocenters. The van der Waals surface area contributed by atoms with Gasteiger partial charge in [0.15, 0.2) is 0 Å². The minimum absolute atomic E-state index is 0. The Morgan fingerprint density at radius 1 is 1.07 bits per heavy atom. The molecule has 1 fully saturated rings. The Kier molecular flexibility index (Phi) is 7.61. The molecule has 0 atom stereocenters. The number of piperidine rings is 1. The number of aromatic nitrogens is 2. The summed E-state index contributed by atoms with van der Waals surface area (Å²) in [4.78, 5) is 34.2. The lowest BCUT2D eigenvalue weighted by molar-refractivity contribution is 0.0714. The van der Waals surface area contributed by atoms with E-state index in [0.29, 0.717) is 29.9 Å². The van der Waals surface area contributed by atoms with Crippen molar-refractivity contribution in [3.8, 4) is 0 Å². The quantitative estimate of drug-likeness (QED) is 0.587. The van der Waals surface area contributed by atoms with Crippen LogP contribution in [0.5, 0.6) is 0 Å². The Morgan fingerprint density at radius 3 is 2.59 bits per heavy atom. The maximum absolute atomic E-state index is 12.7. The molecule has 1 aliphatic rings. The van der Waals surface area contributed by atoms with Gasteiger partial charge in [-0.1, -0.05) is 6.07 Å². The molecule has 2 amide bonds. The zero-order valence-corrected chi connectivity index (χ0v) is 17.3. The molecule has 1 aromatic heterocycles. The zero-order chi connectivity index (χ0) is 18.8. The fraction of sp³-hybridized carbons (Fsp3) is 0.250. The Labute approximate surface area is 180 Å². The molecule has 0 saturated carbocycles. The van der Waals surface area contributed by atoms with Gasteiger partial charge >= 0.3 is 0 Å². The van der Waals surface area contributed by atoms with Crippen molar-refractivity contribution in [1.82, 2.24) is 14.9 Å². The largest absolute Gasteiger partial charge is 0.345 e. The number of benzene rings is 2. The van der Waals surface area contributed by atoms with Crippen molar-refractivity contribution in [2.24, 2.45) is 5.73 Å². The van der Waals surface area contributed by atoms with Crippen molar-refractivity contribution in [3.63, 3.8) is 0 Å². The molecule has 0 radical (unpaired) electrons. The predicted molar refractivity (Wildman–Crippen MR) is 118 cm³/mol. The topological polar surface area (TPSA) is 104 Å². The van der Waals surface area contributed by atoms with Crippen molar-refractivity contribution in [3.05, 3.63) is 59.9 Å². The molecule has 4 rings (SSSR count). The van der Waals surface area contributed by atoms with E-state index in [1.54, 1.807) is 48.8 Å². The number of nitrogens with zero attached hydrogens (tertiary/aromatic N) is 2. The molecular weight excluding hydrogens is 413 g/mol. The van der Waals surface area contributed by atoms with Gasteiger partial charge in [-0.25, -0.2) is 4.98 Å². The normalized spacial score (nSPS) is 14.0. The molecular formula is C20H23Cl2N5O2. The van der Waals surface area contributed by atoms with Crippen LogP contribution in [-0.2, 0) is 0 Å². The number of aromatic amines is 1. The summed E-state index contributed by atoms with van der Waals surface area (Å²) in [5.41, 5.74) is 9.18. The van der Waals surface area contributed by atoms with Crippen LogP contribution >= 0.6 is 24.8 Å². The Bertz CT molecular complexity index is 999. The van der Waals surface area contributed by atoms with Gasteiger partial charge < -0.3 is 20.9 Å². The molecule has 1 aliphatic heterocycles. The summed E-state index contributed by atoms with van der Waals surface area (Å²) in [7, 11) is 0. The minimum atomic E-state index is -0.236. The summed E-state index contributed by atoms with van der Waals surface area (Å²) in [6.07, 6.45) is 3.23. The summed E-state index contributed by atoms with van der Waals surface area (Å²) in [5, 5.41) is 2.86. The third-order valence-electron chi connectivity index (χ3n) is 4.88. The van der Waals surface area contributed by atoms with Gasteiger partial charge in [0.05, 0.1) is 17.4 Å². The number of nitrogens with one attached hydrogen (secondary N) is 2. The Balaban J connectivity index is 0.00000150. The number of H-pyrrole nitrogens is 1. The predicted octanol–water partition coefficient (Wildman–Crippen LogP) is 3.22. The van der Waals surface area contributed by atoms with E-state index in [-0.39, 0.29) is 42.7 Å². The van der Waals surface area contributed by atoms with E-state index in [2.05, 4.69) is 15.3 Å². The summed E-state index contributed by atoms with van der Waals surface area (Å²) in [5.74, 6) is -0.267. The number of carbonyl (C=O) groups is 2. The van der Waals surface area contributed by atoms with Gasteiger partial charge in [-0.05, 0) is 49.2 Å². The number of fused-ring (bicyclic) bond motifs is 1. The lowest BCUT2D eigenvalue weighted by atomic mass is 10.0. The van der Waals surface area contributed by atoms with E-state index < -0.39 is 0 Å². The first-order valence-electron chi connectivity index (χ1n) is 8.99. The molecule has 0 aliphatic carbocycles. The number of amides is 2. The smallest absolute Gasteiger partial charge is 0.255 e. The highest BCUT2D eigenvalue weighted by atomic mass is 35.5. The van der Waals surface area contributed by atoms with Crippen molar-refractivity contribution in [1.29, 1.82) is 0 Å². The van der Waals surface area contributed by atoms with Crippen molar-refractivity contribution < 1.29 is 9.59 Å².